The molecule has 0 unspecified atom stereocenters. The summed E-state index contributed by atoms with van der Waals surface area (Å²) in [5.74, 6) is -1.12. The number of nitrogens with one attached hydrogen (secondary N) is 1. The maximum atomic E-state index is 12.8. The van der Waals surface area contributed by atoms with E-state index in [-0.39, 0.29) is 29.4 Å². The quantitative estimate of drug-likeness (QED) is 0.444. The van der Waals surface area contributed by atoms with Gasteiger partial charge in [0.25, 0.3) is 5.91 Å². The predicted octanol–water partition coefficient (Wildman–Crippen LogP) is 3.02. The van der Waals surface area contributed by atoms with Crippen LogP contribution in [0, 0.1) is 17.1 Å². The number of nitriles is 1. The first kappa shape index (κ1) is 17.8. The summed E-state index contributed by atoms with van der Waals surface area (Å²) in [4.78, 5) is 12.0. The van der Waals surface area contributed by atoms with Gasteiger partial charge in [-0.25, -0.2) is 4.39 Å². The minimum atomic E-state index is -0.560. The second-order valence-electron chi connectivity index (χ2n) is 5.14. The summed E-state index contributed by atoms with van der Waals surface area (Å²) in [7, 11) is 0. The molecule has 0 aliphatic rings. The number of nitrogens with zero attached hydrogens (tertiary/aromatic N) is 1. The number of phenolic OH excluding ortho intramolecular Hbond substituents is 2. The molecule has 0 heterocycles. The fraction of sp³-hybridized carbons (Fsp3) is 0.0526. The van der Waals surface area contributed by atoms with Crippen LogP contribution in [0.15, 0.2) is 60.2 Å². The van der Waals surface area contributed by atoms with E-state index in [0.29, 0.717) is 11.1 Å². The van der Waals surface area contributed by atoms with Gasteiger partial charge in [-0.15, -0.1) is 0 Å². The molecule has 1 amide bonds. The van der Waals surface area contributed by atoms with Crippen molar-refractivity contribution in [2.45, 2.75) is 6.54 Å². The molecular formula is C19H15FN2O3. The van der Waals surface area contributed by atoms with Crippen molar-refractivity contribution < 1.29 is 19.4 Å². The number of carbonyl (C=O) groups excluding carboxylic acids is 1. The first-order valence-corrected chi connectivity index (χ1v) is 7.32. The Morgan fingerprint density at radius 1 is 1.16 bits per heavy atom. The van der Waals surface area contributed by atoms with Gasteiger partial charge in [-0.05, 0) is 41.5 Å². The Hall–Kier alpha value is -3.59. The van der Waals surface area contributed by atoms with Crippen LogP contribution < -0.4 is 5.32 Å². The SMILES string of the molecule is N#C/C(=C\C=C\c1cc(O)cc(O)c1)C(=O)NCc1ccc(F)cc1. The fourth-order valence-corrected chi connectivity index (χ4v) is 2.01. The topological polar surface area (TPSA) is 93.3 Å². The molecule has 2 rings (SSSR count). The summed E-state index contributed by atoms with van der Waals surface area (Å²) >= 11 is 0. The lowest BCUT2D eigenvalue weighted by Crippen LogP contribution is -2.23. The van der Waals surface area contributed by atoms with Crippen molar-refractivity contribution in [2.24, 2.45) is 0 Å². The Labute approximate surface area is 144 Å². The average molecular weight is 338 g/mol. The zero-order valence-corrected chi connectivity index (χ0v) is 13.1. The second kappa shape index (κ2) is 8.31. The van der Waals surface area contributed by atoms with E-state index in [1.165, 1.54) is 48.6 Å². The number of allylic oxidation sites excluding steroid dienone is 2. The molecule has 0 saturated carbocycles. The van der Waals surface area contributed by atoms with Crippen LogP contribution in [0.25, 0.3) is 6.08 Å². The molecule has 3 N–H and O–H groups in total. The monoisotopic (exact) mass is 338 g/mol. The van der Waals surface area contributed by atoms with Crippen LogP contribution >= 0.6 is 0 Å². The Balaban J connectivity index is 2.01. The van der Waals surface area contributed by atoms with Crippen LogP contribution in [0.5, 0.6) is 11.5 Å². The van der Waals surface area contributed by atoms with Crippen molar-refractivity contribution in [3.05, 3.63) is 77.1 Å². The minimum Gasteiger partial charge on any atom is -0.508 e. The van der Waals surface area contributed by atoms with Gasteiger partial charge in [-0.2, -0.15) is 5.26 Å². The Bertz CT molecular complexity index is 845. The molecule has 0 spiro atoms. The van der Waals surface area contributed by atoms with Crippen molar-refractivity contribution in [1.82, 2.24) is 5.32 Å². The largest absolute Gasteiger partial charge is 0.508 e. The van der Waals surface area contributed by atoms with Gasteiger partial charge in [0.15, 0.2) is 0 Å². The summed E-state index contributed by atoms with van der Waals surface area (Å²) in [5.41, 5.74) is 1.11. The highest BCUT2D eigenvalue weighted by molar-refractivity contribution is 5.97. The van der Waals surface area contributed by atoms with E-state index in [0.717, 1.165) is 0 Å². The summed E-state index contributed by atoms with van der Waals surface area (Å²) in [6, 6.07) is 11.5. The summed E-state index contributed by atoms with van der Waals surface area (Å²) < 4.78 is 12.8. The fourth-order valence-electron chi connectivity index (χ4n) is 2.01. The van der Waals surface area contributed by atoms with E-state index in [1.807, 2.05) is 0 Å². The standard InChI is InChI=1S/C19H15FN2O3/c20-16-6-4-13(5-7-16)12-22-19(25)15(11-21)3-1-2-14-8-17(23)10-18(24)9-14/h1-10,23-24H,12H2,(H,22,25)/b2-1+,15-3+. The van der Waals surface area contributed by atoms with Crippen molar-refractivity contribution in [3.8, 4) is 17.6 Å². The maximum absolute atomic E-state index is 12.8. The molecule has 0 aromatic heterocycles. The van der Waals surface area contributed by atoms with Gasteiger partial charge in [-0.3, -0.25) is 4.79 Å². The summed E-state index contributed by atoms with van der Waals surface area (Å²) in [6.45, 7) is 0.169. The van der Waals surface area contributed by atoms with Crippen molar-refractivity contribution in [2.75, 3.05) is 0 Å². The van der Waals surface area contributed by atoms with Gasteiger partial charge < -0.3 is 15.5 Å². The normalized spacial score (nSPS) is 11.3. The molecule has 0 aliphatic carbocycles. The molecular weight excluding hydrogens is 323 g/mol. The van der Waals surface area contributed by atoms with Crippen molar-refractivity contribution >= 4 is 12.0 Å². The summed E-state index contributed by atoms with van der Waals surface area (Å²) in [6.07, 6.45) is 4.31. The number of benzene rings is 2. The zero-order valence-electron chi connectivity index (χ0n) is 13.1. The number of amides is 1. The predicted molar refractivity (Wildman–Crippen MR) is 90.7 cm³/mol. The molecule has 5 nitrogen and oxygen atoms in total. The third kappa shape index (κ3) is 5.52. The number of rotatable bonds is 5. The first-order chi connectivity index (χ1) is 12.0. The highest BCUT2D eigenvalue weighted by Gasteiger charge is 2.07. The molecule has 0 bridgehead atoms. The van der Waals surface area contributed by atoms with Crippen LogP contribution in [0.3, 0.4) is 0 Å². The highest BCUT2D eigenvalue weighted by Crippen LogP contribution is 2.21. The van der Waals surface area contributed by atoms with E-state index in [9.17, 15) is 19.4 Å². The van der Waals surface area contributed by atoms with E-state index in [2.05, 4.69) is 5.32 Å². The van der Waals surface area contributed by atoms with E-state index in [4.69, 9.17) is 5.26 Å². The molecule has 0 saturated heterocycles. The molecule has 6 heteroatoms. The minimum absolute atomic E-state index is 0.0961. The molecule has 2 aromatic rings. The second-order valence-corrected chi connectivity index (χ2v) is 5.14. The van der Waals surface area contributed by atoms with Crippen molar-refractivity contribution in [3.63, 3.8) is 0 Å². The first-order valence-electron chi connectivity index (χ1n) is 7.32. The Morgan fingerprint density at radius 2 is 1.80 bits per heavy atom. The van der Waals surface area contributed by atoms with E-state index in [1.54, 1.807) is 18.2 Å². The molecule has 0 aliphatic heterocycles. The van der Waals surface area contributed by atoms with Crippen molar-refractivity contribution in [1.29, 1.82) is 5.26 Å². The van der Waals surface area contributed by atoms with Crippen LogP contribution in [-0.4, -0.2) is 16.1 Å². The lowest BCUT2D eigenvalue weighted by atomic mass is 10.1. The third-order valence-corrected chi connectivity index (χ3v) is 3.21. The van der Waals surface area contributed by atoms with E-state index >= 15 is 0 Å². The highest BCUT2D eigenvalue weighted by atomic mass is 19.1. The van der Waals surface area contributed by atoms with Crippen LogP contribution in [-0.2, 0) is 11.3 Å². The smallest absolute Gasteiger partial charge is 0.262 e. The van der Waals surface area contributed by atoms with Crippen LogP contribution in [0.4, 0.5) is 4.39 Å². The number of phenols is 2. The molecule has 2 aromatic carbocycles. The molecule has 0 atom stereocenters. The van der Waals surface area contributed by atoms with Gasteiger partial charge in [0, 0.05) is 12.6 Å². The molecule has 25 heavy (non-hydrogen) atoms. The summed E-state index contributed by atoms with van der Waals surface area (Å²) in [5, 5.41) is 30.4. The molecule has 0 fully saturated rings. The lowest BCUT2D eigenvalue weighted by molar-refractivity contribution is -0.117. The van der Waals surface area contributed by atoms with Gasteiger partial charge in [0.1, 0.15) is 29.0 Å². The Kier molecular flexibility index (Phi) is 5.91. The van der Waals surface area contributed by atoms with Gasteiger partial charge in [0.05, 0.1) is 0 Å². The zero-order chi connectivity index (χ0) is 18.2. The average Bonchev–Trinajstić information content (AvgIpc) is 2.57. The maximum Gasteiger partial charge on any atom is 0.262 e. The van der Waals surface area contributed by atoms with Gasteiger partial charge in [0.2, 0.25) is 0 Å². The number of halogens is 1. The van der Waals surface area contributed by atoms with Crippen LogP contribution in [0.1, 0.15) is 11.1 Å². The number of hydrogen-bond acceptors (Lipinski definition) is 4. The molecule has 126 valence electrons. The number of aromatic hydroxyl groups is 2. The number of carbonyl (C=O) groups is 1. The Morgan fingerprint density at radius 3 is 2.40 bits per heavy atom. The van der Waals surface area contributed by atoms with Gasteiger partial charge in [-0.1, -0.05) is 24.3 Å². The van der Waals surface area contributed by atoms with Crippen LogP contribution in [0.2, 0.25) is 0 Å². The molecule has 0 radical (unpaired) electrons. The van der Waals surface area contributed by atoms with E-state index < -0.39 is 5.91 Å². The third-order valence-electron chi connectivity index (χ3n) is 3.21. The lowest BCUT2D eigenvalue weighted by Gasteiger charge is -2.04. The number of hydrogen-bond donors (Lipinski definition) is 3. The van der Waals surface area contributed by atoms with Gasteiger partial charge >= 0.3 is 0 Å².